The Balaban J connectivity index is 2.47. The summed E-state index contributed by atoms with van der Waals surface area (Å²) in [7, 11) is 1.42. The molecule has 0 heterocycles. The molecule has 0 radical (unpaired) electrons. The fraction of sp³-hybridized carbons (Fsp3) is 0.429. The van der Waals surface area contributed by atoms with Gasteiger partial charge in [0.1, 0.15) is 0 Å². The summed E-state index contributed by atoms with van der Waals surface area (Å²) in [6.45, 7) is 2.23. The molecule has 1 aromatic carbocycles. The van der Waals surface area contributed by atoms with Crippen molar-refractivity contribution in [3.05, 3.63) is 36.4 Å². The summed E-state index contributed by atoms with van der Waals surface area (Å²) < 4.78 is 34.0. The van der Waals surface area contributed by atoms with Gasteiger partial charge < -0.3 is 14.8 Å². The lowest BCUT2D eigenvalue weighted by molar-refractivity contribution is -0.0512. The molecule has 0 bridgehead atoms. The van der Waals surface area contributed by atoms with E-state index in [2.05, 4.69) is 16.6 Å². The molecule has 0 spiro atoms. The Morgan fingerprint density at radius 3 is 2.85 bits per heavy atom. The van der Waals surface area contributed by atoms with Gasteiger partial charge in [-0.15, -0.1) is 6.58 Å². The van der Waals surface area contributed by atoms with Gasteiger partial charge in [0.2, 0.25) is 0 Å². The summed E-state index contributed by atoms with van der Waals surface area (Å²) in [6.07, 6.45) is 1.86. The van der Waals surface area contributed by atoms with E-state index in [1.165, 1.54) is 7.11 Å². The van der Waals surface area contributed by atoms with Gasteiger partial charge >= 0.3 is 6.61 Å². The van der Waals surface area contributed by atoms with Crippen molar-refractivity contribution in [1.82, 2.24) is 5.32 Å². The minimum Gasteiger partial charge on any atom is -0.493 e. The second-order valence-electron chi connectivity index (χ2n) is 3.90. The van der Waals surface area contributed by atoms with E-state index < -0.39 is 6.61 Å². The number of nitrogens with one attached hydrogen (secondary N) is 1. The molecule has 0 saturated carbocycles. The van der Waals surface area contributed by atoms with Crippen LogP contribution in [0.2, 0.25) is 0 Å². The van der Waals surface area contributed by atoms with E-state index in [-0.39, 0.29) is 5.75 Å². The number of hydrogen-bond donors (Lipinski definition) is 1. The third-order valence-electron chi connectivity index (χ3n) is 2.43. The van der Waals surface area contributed by atoms with E-state index in [4.69, 9.17) is 4.74 Å². The van der Waals surface area contributed by atoms with Gasteiger partial charge in [0.05, 0.1) is 7.11 Å². The Hall–Kier alpha value is -1.27. The largest absolute Gasteiger partial charge is 0.493 e. The molecule has 0 atom stereocenters. The van der Waals surface area contributed by atoms with Crippen LogP contribution in [0.1, 0.15) is 5.56 Å². The quantitative estimate of drug-likeness (QED) is 0.531. The van der Waals surface area contributed by atoms with Gasteiger partial charge in [-0.3, -0.25) is 0 Å². The first kappa shape index (κ1) is 16.8. The van der Waals surface area contributed by atoms with E-state index in [9.17, 15) is 8.78 Å². The van der Waals surface area contributed by atoms with Crippen LogP contribution >= 0.6 is 11.8 Å². The van der Waals surface area contributed by atoms with Crippen molar-refractivity contribution in [3.63, 3.8) is 0 Å². The van der Waals surface area contributed by atoms with E-state index in [1.807, 2.05) is 12.1 Å². The second kappa shape index (κ2) is 9.61. The molecule has 6 heteroatoms. The fourth-order valence-corrected chi connectivity index (χ4v) is 2.18. The first-order chi connectivity index (χ1) is 9.67. The Bertz CT molecular complexity index is 416. The molecule has 0 amide bonds. The summed E-state index contributed by atoms with van der Waals surface area (Å²) in [4.78, 5) is 0. The highest BCUT2D eigenvalue weighted by molar-refractivity contribution is 7.99. The molecule has 0 unspecified atom stereocenters. The van der Waals surface area contributed by atoms with Crippen LogP contribution < -0.4 is 14.8 Å². The van der Waals surface area contributed by atoms with Crippen molar-refractivity contribution in [3.8, 4) is 11.5 Å². The average molecular weight is 303 g/mol. The molecule has 1 N–H and O–H groups in total. The van der Waals surface area contributed by atoms with Gasteiger partial charge in [0, 0.05) is 24.6 Å². The van der Waals surface area contributed by atoms with Crippen LogP contribution in [0.3, 0.4) is 0 Å². The number of hydrogen-bond acceptors (Lipinski definition) is 4. The third kappa shape index (κ3) is 6.25. The molecule has 20 heavy (non-hydrogen) atoms. The Morgan fingerprint density at radius 1 is 1.40 bits per heavy atom. The first-order valence-electron chi connectivity index (χ1n) is 6.18. The van der Waals surface area contributed by atoms with Crippen molar-refractivity contribution in [2.45, 2.75) is 13.2 Å². The molecule has 0 aliphatic carbocycles. The van der Waals surface area contributed by atoms with Crippen LogP contribution in [0.25, 0.3) is 0 Å². The Labute approximate surface area is 122 Å². The number of ether oxygens (including phenoxy) is 2. The van der Waals surface area contributed by atoms with Gasteiger partial charge in [-0.25, -0.2) is 0 Å². The highest BCUT2D eigenvalue weighted by atomic mass is 32.2. The van der Waals surface area contributed by atoms with Gasteiger partial charge in [-0.05, 0) is 17.7 Å². The minimum atomic E-state index is -2.86. The van der Waals surface area contributed by atoms with Gasteiger partial charge in [-0.1, -0.05) is 12.1 Å². The number of rotatable bonds is 10. The molecule has 112 valence electrons. The number of thioether (sulfide) groups is 1. The molecule has 1 aromatic rings. The van der Waals surface area contributed by atoms with E-state index >= 15 is 0 Å². The molecule has 0 aliphatic heterocycles. The standard InChI is InChI=1S/C14H19F2NO2S/c1-3-7-20-8-6-17-10-11-4-5-12(18-2)13(9-11)19-14(15)16/h3-5,9,14,17H,1,6-8,10H2,2H3. The Morgan fingerprint density at radius 2 is 2.20 bits per heavy atom. The van der Waals surface area contributed by atoms with Crippen LogP contribution in [0.5, 0.6) is 11.5 Å². The van der Waals surface area contributed by atoms with E-state index in [0.29, 0.717) is 12.3 Å². The smallest absolute Gasteiger partial charge is 0.387 e. The van der Waals surface area contributed by atoms with Crippen LogP contribution in [0, 0.1) is 0 Å². The van der Waals surface area contributed by atoms with Crippen molar-refractivity contribution < 1.29 is 18.3 Å². The molecular weight excluding hydrogens is 284 g/mol. The van der Waals surface area contributed by atoms with Crippen molar-refractivity contribution in [2.75, 3.05) is 25.2 Å². The first-order valence-corrected chi connectivity index (χ1v) is 7.34. The average Bonchev–Trinajstić information content (AvgIpc) is 2.42. The zero-order valence-electron chi connectivity index (χ0n) is 11.4. The maximum atomic E-state index is 12.3. The maximum absolute atomic E-state index is 12.3. The van der Waals surface area contributed by atoms with Crippen molar-refractivity contribution in [1.29, 1.82) is 0 Å². The van der Waals surface area contributed by atoms with Crippen molar-refractivity contribution >= 4 is 11.8 Å². The summed E-state index contributed by atoms with van der Waals surface area (Å²) >= 11 is 1.78. The monoisotopic (exact) mass is 303 g/mol. The number of benzene rings is 1. The number of halogens is 2. The molecule has 0 fully saturated rings. The third-order valence-corrected chi connectivity index (χ3v) is 3.40. The van der Waals surface area contributed by atoms with E-state index in [0.717, 1.165) is 23.6 Å². The normalized spacial score (nSPS) is 10.6. The summed E-state index contributed by atoms with van der Waals surface area (Å²) in [5, 5.41) is 3.24. The van der Waals surface area contributed by atoms with Gasteiger partial charge in [0.25, 0.3) is 0 Å². The molecule has 1 rings (SSSR count). The van der Waals surface area contributed by atoms with Gasteiger partial charge in [0.15, 0.2) is 11.5 Å². The summed E-state index contributed by atoms with van der Waals surface area (Å²) in [6, 6.07) is 5.01. The maximum Gasteiger partial charge on any atom is 0.387 e. The van der Waals surface area contributed by atoms with Crippen molar-refractivity contribution in [2.24, 2.45) is 0 Å². The predicted molar refractivity (Wildman–Crippen MR) is 78.9 cm³/mol. The topological polar surface area (TPSA) is 30.5 Å². The zero-order chi connectivity index (χ0) is 14.8. The van der Waals surface area contributed by atoms with Gasteiger partial charge in [-0.2, -0.15) is 20.5 Å². The molecule has 3 nitrogen and oxygen atoms in total. The SMILES string of the molecule is C=CCSCCNCc1ccc(OC)c(OC(F)F)c1. The number of methoxy groups -OCH3 is 1. The van der Waals surface area contributed by atoms with Crippen LogP contribution in [0.15, 0.2) is 30.9 Å². The molecular formula is C14H19F2NO2S. The lowest BCUT2D eigenvalue weighted by Crippen LogP contribution is -2.16. The summed E-state index contributed by atoms with van der Waals surface area (Å²) in [5.74, 6) is 2.26. The second-order valence-corrected chi connectivity index (χ2v) is 5.05. The number of alkyl halides is 2. The fourth-order valence-electron chi connectivity index (χ4n) is 1.56. The molecule has 0 aromatic heterocycles. The lowest BCUT2D eigenvalue weighted by atomic mass is 10.2. The highest BCUT2D eigenvalue weighted by Crippen LogP contribution is 2.29. The minimum absolute atomic E-state index is 0.0582. The van der Waals surface area contributed by atoms with Crippen LogP contribution in [-0.4, -0.2) is 31.8 Å². The van der Waals surface area contributed by atoms with E-state index in [1.54, 1.807) is 23.9 Å². The van der Waals surface area contributed by atoms with Crippen LogP contribution in [-0.2, 0) is 6.54 Å². The molecule has 0 saturated heterocycles. The summed E-state index contributed by atoms with van der Waals surface area (Å²) in [5.41, 5.74) is 0.871. The molecule has 0 aliphatic rings. The Kier molecular flexibility index (Phi) is 8.06. The zero-order valence-corrected chi connectivity index (χ0v) is 12.2. The predicted octanol–water partition coefficient (Wildman–Crippen LogP) is 3.31. The lowest BCUT2D eigenvalue weighted by Gasteiger charge is -2.12. The highest BCUT2D eigenvalue weighted by Gasteiger charge is 2.11. The van der Waals surface area contributed by atoms with Crippen LogP contribution in [0.4, 0.5) is 8.78 Å².